The van der Waals surface area contributed by atoms with E-state index in [0.29, 0.717) is 29.7 Å². The Morgan fingerprint density at radius 3 is 2.64 bits per heavy atom. The molecule has 4 nitrogen and oxygen atoms in total. The molecule has 5 fully saturated rings. The maximum absolute atomic E-state index is 13.3. The number of ether oxygens (including phenoxy) is 1. The van der Waals surface area contributed by atoms with Crippen LogP contribution in [-0.4, -0.2) is 39.9 Å². The van der Waals surface area contributed by atoms with E-state index in [1.165, 1.54) is 19.3 Å². The summed E-state index contributed by atoms with van der Waals surface area (Å²) in [5.41, 5.74) is -0.425. The van der Waals surface area contributed by atoms with Crippen molar-refractivity contribution in [2.45, 2.75) is 76.3 Å². The third-order valence-electron chi connectivity index (χ3n) is 7.52. The molecular formula is C18H27NO3. The number of fused-ring (bicyclic) bond motifs is 2. The highest BCUT2D eigenvalue weighted by molar-refractivity contribution is 5.85. The minimum absolute atomic E-state index is 0.0205. The fourth-order valence-electron chi connectivity index (χ4n) is 6.84. The number of rotatable bonds is 2. The summed E-state index contributed by atoms with van der Waals surface area (Å²) >= 11 is 0. The third-order valence-corrected chi connectivity index (χ3v) is 7.52. The first kappa shape index (κ1) is 13.8. The Morgan fingerprint density at radius 1 is 1.23 bits per heavy atom. The van der Waals surface area contributed by atoms with Gasteiger partial charge in [0.15, 0.2) is 0 Å². The van der Waals surface area contributed by atoms with E-state index in [4.69, 9.17) is 4.74 Å². The normalized spacial score (nSPS) is 53.3. The van der Waals surface area contributed by atoms with Gasteiger partial charge in [-0.15, -0.1) is 0 Å². The zero-order valence-electron chi connectivity index (χ0n) is 13.6. The summed E-state index contributed by atoms with van der Waals surface area (Å²) in [4.78, 5) is 15.5. The Labute approximate surface area is 132 Å². The molecule has 0 unspecified atom stereocenters. The number of hydrogen-bond acceptors (Lipinski definition) is 3. The molecule has 22 heavy (non-hydrogen) atoms. The highest BCUT2D eigenvalue weighted by Crippen LogP contribution is 2.69. The molecule has 5 aliphatic rings. The van der Waals surface area contributed by atoms with Gasteiger partial charge in [-0.2, -0.15) is 0 Å². The number of carbonyl (C=O) groups is 1. The second-order valence-corrected chi connectivity index (χ2v) is 8.59. The van der Waals surface area contributed by atoms with Crippen molar-refractivity contribution in [2.75, 3.05) is 0 Å². The van der Waals surface area contributed by atoms with Crippen LogP contribution in [0.4, 0.5) is 0 Å². The van der Waals surface area contributed by atoms with Crippen LogP contribution >= 0.6 is 0 Å². The lowest BCUT2D eigenvalue weighted by Crippen LogP contribution is -2.58. The van der Waals surface area contributed by atoms with Gasteiger partial charge in [-0.1, -0.05) is 33.1 Å². The number of likely N-dealkylation sites (tertiary alicyclic amines) is 1. The van der Waals surface area contributed by atoms with E-state index in [1.54, 1.807) is 0 Å². The van der Waals surface area contributed by atoms with Crippen LogP contribution < -0.4 is 0 Å². The van der Waals surface area contributed by atoms with Crippen molar-refractivity contribution in [3.63, 3.8) is 0 Å². The van der Waals surface area contributed by atoms with Gasteiger partial charge in [-0.3, -0.25) is 4.79 Å². The maximum Gasteiger partial charge on any atom is 0.229 e. The molecule has 0 aromatic rings. The lowest BCUT2D eigenvalue weighted by molar-refractivity contribution is -0.203. The first-order chi connectivity index (χ1) is 10.6. The van der Waals surface area contributed by atoms with E-state index in [-0.39, 0.29) is 17.9 Å². The Kier molecular flexibility index (Phi) is 2.68. The second kappa shape index (κ2) is 4.27. The molecule has 0 aromatic heterocycles. The molecule has 2 heterocycles. The minimum atomic E-state index is -0.425. The second-order valence-electron chi connectivity index (χ2n) is 8.59. The predicted octanol–water partition coefficient (Wildman–Crippen LogP) is 2.16. The Balaban J connectivity index is 1.61. The number of nitrogens with zero attached hydrogens (tertiary/aromatic N) is 1. The van der Waals surface area contributed by atoms with Gasteiger partial charge in [0.1, 0.15) is 5.72 Å². The summed E-state index contributed by atoms with van der Waals surface area (Å²) in [5.74, 6) is 1.52. The fourth-order valence-corrected chi connectivity index (χ4v) is 6.84. The molecule has 2 bridgehead atoms. The van der Waals surface area contributed by atoms with Crippen LogP contribution in [0.2, 0.25) is 0 Å². The van der Waals surface area contributed by atoms with Crippen molar-refractivity contribution < 1.29 is 14.6 Å². The first-order valence-electron chi connectivity index (χ1n) is 9.26. The van der Waals surface area contributed by atoms with Crippen molar-refractivity contribution >= 4 is 5.91 Å². The highest BCUT2D eigenvalue weighted by atomic mass is 16.6. The van der Waals surface area contributed by atoms with Gasteiger partial charge in [0, 0.05) is 17.9 Å². The van der Waals surface area contributed by atoms with Gasteiger partial charge in [0.2, 0.25) is 5.91 Å². The zero-order valence-corrected chi connectivity index (χ0v) is 13.6. The molecule has 0 spiro atoms. The maximum atomic E-state index is 13.3. The molecule has 3 aliphatic carbocycles. The van der Waals surface area contributed by atoms with E-state index >= 15 is 0 Å². The average Bonchev–Trinajstić information content (AvgIpc) is 3.16. The summed E-state index contributed by atoms with van der Waals surface area (Å²) in [6.07, 6.45) is 6.59. The Bertz CT molecular complexity index is 514. The summed E-state index contributed by atoms with van der Waals surface area (Å²) in [7, 11) is 0. The molecule has 0 radical (unpaired) electrons. The molecule has 7 atom stereocenters. The number of amides is 1. The lowest BCUT2D eigenvalue weighted by Gasteiger charge is -2.47. The van der Waals surface area contributed by atoms with E-state index in [1.807, 2.05) is 0 Å². The van der Waals surface area contributed by atoms with Crippen molar-refractivity contribution in [1.29, 1.82) is 0 Å². The molecule has 0 aromatic carbocycles. The predicted molar refractivity (Wildman–Crippen MR) is 80.7 cm³/mol. The smallest absolute Gasteiger partial charge is 0.229 e. The van der Waals surface area contributed by atoms with Crippen LogP contribution in [0.5, 0.6) is 0 Å². The van der Waals surface area contributed by atoms with E-state index in [0.717, 1.165) is 19.3 Å². The molecule has 1 N–H and O–H groups in total. The molecule has 5 rings (SSSR count). The van der Waals surface area contributed by atoms with E-state index in [9.17, 15) is 9.90 Å². The number of hydrogen-bond donors (Lipinski definition) is 1. The largest absolute Gasteiger partial charge is 0.390 e. The van der Waals surface area contributed by atoms with Crippen LogP contribution in [0.15, 0.2) is 0 Å². The third kappa shape index (κ3) is 1.32. The number of aliphatic hydroxyl groups is 1. The van der Waals surface area contributed by atoms with Crippen LogP contribution in [0.1, 0.15) is 52.4 Å². The van der Waals surface area contributed by atoms with Crippen molar-refractivity contribution in [2.24, 2.45) is 29.6 Å². The number of aliphatic hydroxyl groups excluding tert-OH is 1. The molecular weight excluding hydrogens is 278 g/mol. The molecule has 1 amide bonds. The van der Waals surface area contributed by atoms with Gasteiger partial charge >= 0.3 is 0 Å². The standard InChI is InChI=1S/C18H27NO3/c1-9(2)18-14-12-8-11(15(20)16(12)22-18)13(14)17(21)19(18)10-6-4-3-5-7-10/h9-16,20H,3-8H2,1-2H3/t11-,12-,13+,14+,15+,16-,18-/m0/s1. The van der Waals surface area contributed by atoms with Crippen molar-refractivity contribution in [3.8, 4) is 0 Å². The summed E-state index contributed by atoms with van der Waals surface area (Å²) in [5, 5.41) is 10.5. The quantitative estimate of drug-likeness (QED) is 0.850. The molecule has 2 saturated heterocycles. The van der Waals surface area contributed by atoms with Crippen LogP contribution in [0.3, 0.4) is 0 Å². The Hall–Kier alpha value is -0.610. The summed E-state index contributed by atoms with van der Waals surface area (Å²) in [6, 6.07) is 0.365. The lowest BCUT2D eigenvalue weighted by atomic mass is 9.74. The molecule has 4 heteroatoms. The molecule has 3 saturated carbocycles. The van der Waals surface area contributed by atoms with Crippen LogP contribution in [-0.2, 0) is 9.53 Å². The zero-order chi connectivity index (χ0) is 15.2. The van der Waals surface area contributed by atoms with Gasteiger partial charge < -0.3 is 14.7 Å². The minimum Gasteiger partial charge on any atom is -0.390 e. The summed E-state index contributed by atoms with van der Waals surface area (Å²) < 4.78 is 6.58. The van der Waals surface area contributed by atoms with Crippen molar-refractivity contribution in [3.05, 3.63) is 0 Å². The average molecular weight is 305 g/mol. The monoisotopic (exact) mass is 305 g/mol. The van der Waals surface area contributed by atoms with Crippen molar-refractivity contribution in [1.82, 2.24) is 4.90 Å². The van der Waals surface area contributed by atoms with Gasteiger partial charge in [-0.25, -0.2) is 0 Å². The number of carbonyl (C=O) groups excluding carboxylic acids is 1. The SMILES string of the molecule is CC(C)[C@]12O[C@@H]3[C@H](O)[C@H]4C[C@H]3[C@@H]1[C@@H]4C(=O)N2C1CCCCC1. The topological polar surface area (TPSA) is 49.8 Å². The van der Waals surface area contributed by atoms with E-state index in [2.05, 4.69) is 18.7 Å². The highest BCUT2D eigenvalue weighted by Gasteiger charge is 2.79. The summed E-state index contributed by atoms with van der Waals surface area (Å²) in [6.45, 7) is 4.41. The van der Waals surface area contributed by atoms with E-state index < -0.39 is 11.8 Å². The van der Waals surface area contributed by atoms with Gasteiger partial charge in [-0.05, 0) is 31.1 Å². The Morgan fingerprint density at radius 2 is 1.95 bits per heavy atom. The van der Waals surface area contributed by atoms with Gasteiger partial charge in [0.25, 0.3) is 0 Å². The van der Waals surface area contributed by atoms with Gasteiger partial charge in [0.05, 0.1) is 18.1 Å². The van der Waals surface area contributed by atoms with Crippen LogP contribution in [0.25, 0.3) is 0 Å². The molecule has 2 aliphatic heterocycles. The molecule has 122 valence electrons. The van der Waals surface area contributed by atoms with Crippen LogP contribution in [0, 0.1) is 29.6 Å². The first-order valence-corrected chi connectivity index (χ1v) is 9.26. The fraction of sp³-hybridized carbons (Fsp3) is 0.944.